The van der Waals surface area contributed by atoms with Gasteiger partial charge in [0.2, 0.25) is 0 Å². The number of aromatic nitrogens is 2. The maximum absolute atomic E-state index is 13.5. The summed E-state index contributed by atoms with van der Waals surface area (Å²) in [6.07, 6.45) is 1.66. The van der Waals surface area contributed by atoms with Crippen molar-refractivity contribution in [1.29, 1.82) is 0 Å². The molecule has 2 aliphatic heterocycles. The SMILES string of the molecule is COc1ccc(C(OC[C@H](Cn2ccc(=O)[nH]c2=O)O[P@]2O[C@H](CS(=O)(=O)c3ccccc3)[C@@H]3CCCN32)(c2ccccc2)c2ccc(OC)cc2)cc1. The van der Waals surface area contributed by atoms with Gasteiger partial charge in [-0.25, -0.2) is 17.9 Å². The van der Waals surface area contributed by atoms with Crippen molar-refractivity contribution in [2.24, 2.45) is 0 Å². The van der Waals surface area contributed by atoms with E-state index in [1.165, 1.54) is 16.8 Å². The molecule has 3 heterocycles. The smallest absolute Gasteiger partial charge is 0.328 e. The predicted octanol–water partition coefficient (Wildman–Crippen LogP) is 5.51. The van der Waals surface area contributed by atoms with Crippen LogP contribution in [0.4, 0.5) is 0 Å². The number of hydrogen-bond acceptors (Lipinski definition) is 10. The fourth-order valence-electron chi connectivity index (χ4n) is 7.12. The molecule has 2 fully saturated rings. The van der Waals surface area contributed by atoms with Crippen LogP contribution in [0.2, 0.25) is 0 Å². The van der Waals surface area contributed by atoms with E-state index < -0.39 is 47.4 Å². The quantitative estimate of drug-likeness (QED) is 0.107. The van der Waals surface area contributed by atoms with Gasteiger partial charge in [0.05, 0.1) is 44.1 Å². The summed E-state index contributed by atoms with van der Waals surface area (Å²) in [6, 6.07) is 34.6. The van der Waals surface area contributed by atoms with Crippen molar-refractivity contribution in [1.82, 2.24) is 14.2 Å². The summed E-state index contributed by atoms with van der Waals surface area (Å²) in [4.78, 5) is 27.6. The van der Waals surface area contributed by atoms with Crippen LogP contribution in [0.25, 0.3) is 0 Å². The Morgan fingerprint density at radius 3 is 2.02 bits per heavy atom. The van der Waals surface area contributed by atoms with Gasteiger partial charge in [-0.15, -0.1) is 0 Å². The lowest BCUT2D eigenvalue weighted by Crippen LogP contribution is -2.39. The molecule has 1 aromatic heterocycles. The Balaban J connectivity index is 1.25. The van der Waals surface area contributed by atoms with Crippen LogP contribution in [-0.2, 0) is 35.8 Å². The van der Waals surface area contributed by atoms with Crippen LogP contribution in [-0.4, -0.2) is 74.0 Å². The molecule has 54 heavy (non-hydrogen) atoms. The molecule has 1 N–H and O–H groups in total. The molecule has 5 aromatic rings. The third-order valence-electron chi connectivity index (χ3n) is 9.82. The van der Waals surface area contributed by atoms with Crippen LogP contribution in [0, 0.1) is 0 Å². The minimum atomic E-state index is -3.64. The zero-order valence-corrected chi connectivity index (χ0v) is 31.7. The average Bonchev–Trinajstić information content (AvgIpc) is 3.81. The maximum Gasteiger partial charge on any atom is 0.328 e. The second kappa shape index (κ2) is 16.4. The number of nitrogens with zero attached hydrogens (tertiary/aromatic N) is 2. The Labute approximate surface area is 315 Å². The van der Waals surface area contributed by atoms with Crippen LogP contribution in [0.3, 0.4) is 0 Å². The monoisotopic (exact) mass is 771 g/mol. The van der Waals surface area contributed by atoms with Crippen molar-refractivity contribution in [2.45, 2.75) is 48.1 Å². The normalized spacial score (nSPS) is 19.3. The number of sulfone groups is 1. The molecule has 0 amide bonds. The lowest BCUT2D eigenvalue weighted by Gasteiger charge is -2.37. The highest BCUT2D eigenvalue weighted by atomic mass is 32.2. The molecule has 14 heteroatoms. The van der Waals surface area contributed by atoms with Crippen LogP contribution in [0.15, 0.2) is 136 Å². The molecule has 282 valence electrons. The van der Waals surface area contributed by atoms with Crippen molar-refractivity contribution >= 4 is 18.4 Å². The Morgan fingerprint density at radius 1 is 0.833 bits per heavy atom. The molecule has 7 rings (SSSR count). The molecule has 0 saturated carbocycles. The molecule has 0 spiro atoms. The molecule has 12 nitrogen and oxygen atoms in total. The van der Waals surface area contributed by atoms with Crippen molar-refractivity contribution in [2.75, 3.05) is 33.1 Å². The van der Waals surface area contributed by atoms with E-state index in [-0.39, 0.29) is 29.8 Å². The van der Waals surface area contributed by atoms with Gasteiger partial charge in [0.1, 0.15) is 23.2 Å². The van der Waals surface area contributed by atoms with Crippen LogP contribution in [0.1, 0.15) is 29.5 Å². The summed E-state index contributed by atoms with van der Waals surface area (Å²) in [5.41, 5.74) is 0.180. The summed E-state index contributed by atoms with van der Waals surface area (Å²) in [7, 11) is -2.17. The molecule has 0 bridgehead atoms. The predicted molar refractivity (Wildman–Crippen MR) is 204 cm³/mol. The second-order valence-electron chi connectivity index (χ2n) is 13.2. The third kappa shape index (κ3) is 7.93. The Hall–Kier alpha value is -4.62. The van der Waals surface area contributed by atoms with E-state index in [9.17, 15) is 18.0 Å². The highest BCUT2D eigenvalue weighted by Gasteiger charge is 2.49. The van der Waals surface area contributed by atoms with Crippen LogP contribution >= 0.6 is 8.53 Å². The number of benzene rings is 4. The van der Waals surface area contributed by atoms with E-state index in [4.69, 9.17) is 23.3 Å². The molecule has 0 radical (unpaired) electrons. The molecular formula is C40H42N3O9PS. The standard InChI is InChI=1S/C40H42N3O9PS/c1-48-32-19-15-30(16-20-32)40(29-10-5-3-6-11-29,31-17-21-33(49-2)22-18-31)50-27-34(26-42-25-23-38(44)41-39(42)45)51-53-43-24-9-14-36(43)37(52-53)28-54(46,47)35-12-7-4-8-13-35/h3-8,10-13,15-23,25,34,36-37H,9,14,24,26-28H2,1-2H3,(H,41,44,45)/t34-,36-,37+,53+/m0/s1. The topological polar surface area (TPSA) is 138 Å². The minimum Gasteiger partial charge on any atom is -0.497 e. The van der Waals surface area contributed by atoms with Gasteiger partial charge in [-0.2, -0.15) is 0 Å². The summed E-state index contributed by atoms with van der Waals surface area (Å²) >= 11 is 0. The highest BCUT2D eigenvalue weighted by Crippen LogP contribution is 2.57. The van der Waals surface area contributed by atoms with Gasteiger partial charge in [0, 0.05) is 24.8 Å². The number of hydrogen-bond donors (Lipinski definition) is 1. The van der Waals surface area contributed by atoms with Crippen molar-refractivity contribution in [3.63, 3.8) is 0 Å². The lowest BCUT2D eigenvalue weighted by molar-refractivity contribution is -0.0363. The van der Waals surface area contributed by atoms with E-state index in [1.54, 1.807) is 44.6 Å². The number of ether oxygens (including phenoxy) is 3. The zero-order chi connectivity index (χ0) is 37.7. The van der Waals surface area contributed by atoms with Gasteiger partial charge in [-0.1, -0.05) is 72.8 Å². The summed E-state index contributed by atoms with van der Waals surface area (Å²) in [5.74, 6) is 1.17. The van der Waals surface area contributed by atoms with Crippen molar-refractivity contribution < 1.29 is 31.7 Å². The average molecular weight is 772 g/mol. The Bertz CT molecular complexity index is 2190. The first-order valence-electron chi connectivity index (χ1n) is 17.7. The van der Waals surface area contributed by atoms with Gasteiger partial charge < -0.3 is 23.3 Å². The first kappa shape index (κ1) is 37.7. The summed E-state index contributed by atoms with van der Waals surface area (Å²) in [5, 5.41) is 0. The Morgan fingerprint density at radius 2 is 1.43 bits per heavy atom. The lowest BCUT2D eigenvalue weighted by atomic mass is 9.80. The van der Waals surface area contributed by atoms with Gasteiger partial charge in [-0.3, -0.25) is 14.3 Å². The number of nitrogens with one attached hydrogen (secondary N) is 1. The highest BCUT2D eigenvalue weighted by molar-refractivity contribution is 7.91. The molecular weight excluding hydrogens is 729 g/mol. The Kier molecular flexibility index (Phi) is 11.4. The number of methoxy groups -OCH3 is 2. The molecule has 4 atom stereocenters. The number of rotatable bonds is 15. The van der Waals surface area contributed by atoms with Crippen molar-refractivity contribution in [3.05, 3.63) is 159 Å². The first-order valence-corrected chi connectivity index (χ1v) is 20.4. The van der Waals surface area contributed by atoms with Crippen molar-refractivity contribution in [3.8, 4) is 11.5 Å². The summed E-state index contributed by atoms with van der Waals surface area (Å²) < 4.78 is 61.9. The molecule has 0 aliphatic carbocycles. The van der Waals surface area contributed by atoms with Gasteiger partial charge in [0.15, 0.2) is 9.84 Å². The van der Waals surface area contributed by atoms with E-state index in [0.29, 0.717) is 18.0 Å². The second-order valence-corrected chi connectivity index (χ2v) is 16.6. The fraction of sp³-hybridized carbons (Fsp3) is 0.300. The number of H-pyrrole nitrogens is 1. The van der Waals surface area contributed by atoms with Gasteiger partial charge >= 0.3 is 5.69 Å². The third-order valence-corrected chi connectivity index (χ3v) is 13.4. The molecule has 4 aromatic carbocycles. The number of aromatic amines is 1. The van der Waals surface area contributed by atoms with Crippen LogP contribution < -0.4 is 20.7 Å². The van der Waals surface area contributed by atoms with Crippen LogP contribution in [0.5, 0.6) is 11.5 Å². The van der Waals surface area contributed by atoms with Gasteiger partial charge in [-0.05, 0) is 65.9 Å². The van der Waals surface area contributed by atoms with E-state index >= 15 is 0 Å². The number of fused-ring (bicyclic) bond motifs is 1. The van der Waals surface area contributed by atoms with E-state index in [0.717, 1.165) is 29.5 Å². The largest absolute Gasteiger partial charge is 0.497 e. The zero-order valence-electron chi connectivity index (χ0n) is 29.9. The molecule has 2 saturated heterocycles. The van der Waals surface area contributed by atoms with Gasteiger partial charge in [0.25, 0.3) is 14.1 Å². The maximum atomic E-state index is 13.5. The molecule has 2 aliphatic rings. The summed E-state index contributed by atoms with van der Waals surface area (Å²) in [6.45, 7) is 0.654. The minimum absolute atomic E-state index is 0.0133. The molecule has 0 unspecified atom stereocenters. The fourth-order valence-corrected chi connectivity index (χ4v) is 10.6. The first-order chi connectivity index (χ1) is 26.2. The van der Waals surface area contributed by atoms with E-state index in [1.807, 2.05) is 78.9 Å². The van der Waals surface area contributed by atoms with E-state index in [2.05, 4.69) is 9.65 Å².